The van der Waals surface area contributed by atoms with E-state index in [-0.39, 0.29) is 17.9 Å². The van der Waals surface area contributed by atoms with Crippen LogP contribution in [0.25, 0.3) is 0 Å². The molecule has 0 atom stereocenters. The van der Waals surface area contributed by atoms with Gasteiger partial charge in [0.1, 0.15) is 29.1 Å². The lowest BCUT2D eigenvalue weighted by Gasteiger charge is -2.30. The normalized spacial score (nSPS) is 20.1. The second kappa shape index (κ2) is 12.3. The highest BCUT2D eigenvalue weighted by molar-refractivity contribution is 6.19. The van der Waals surface area contributed by atoms with Gasteiger partial charge < -0.3 is 15.5 Å². The van der Waals surface area contributed by atoms with Gasteiger partial charge in [-0.1, -0.05) is 13.0 Å². The van der Waals surface area contributed by atoms with Crippen molar-refractivity contribution in [3.8, 4) is 6.07 Å². The third-order valence-electron chi connectivity index (χ3n) is 7.31. The molecule has 1 aromatic heterocycles. The molecule has 0 bridgehead atoms. The van der Waals surface area contributed by atoms with Gasteiger partial charge in [-0.15, -0.1) is 0 Å². The number of rotatable bonds is 8. The molecule has 1 saturated heterocycles. The zero-order valence-electron chi connectivity index (χ0n) is 23.0. The van der Waals surface area contributed by atoms with Crippen molar-refractivity contribution < 1.29 is 9.18 Å². The maximum Gasteiger partial charge on any atom is 0.270 e. The summed E-state index contributed by atoms with van der Waals surface area (Å²) in [5.41, 5.74) is 4.00. The van der Waals surface area contributed by atoms with E-state index in [0.29, 0.717) is 40.9 Å². The fourth-order valence-corrected chi connectivity index (χ4v) is 5.08. The predicted molar refractivity (Wildman–Crippen MR) is 155 cm³/mol. The van der Waals surface area contributed by atoms with Crippen LogP contribution in [0, 0.1) is 17.1 Å². The molecule has 0 spiro atoms. The maximum absolute atomic E-state index is 15.1. The molecule has 1 aliphatic carbocycles. The van der Waals surface area contributed by atoms with Crippen LogP contribution in [-0.2, 0) is 11.3 Å². The lowest BCUT2D eigenvalue weighted by molar-refractivity contribution is -0.123. The fourth-order valence-electron chi connectivity index (χ4n) is 5.08. The van der Waals surface area contributed by atoms with Gasteiger partial charge in [0.25, 0.3) is 5.91 Å². The van der Waals surface area contributed by atoms with Crippen molar-refractivity contribution in [3.63, 3.8) is 0 Å². The number of pyridine rings is 1. The van der Waals surface area contributed by atoms with E-state index in [2.05, 4.69) is 15.6 Å². The van der Waals surface area contributed by atoms with Gasteiger partial charge in [-0.2, -0.15) is 5.26 Å². The molecule has 40 heavy (non-hydrogen) atoms. The molecule has 9 heteroatoms. The number of amidine groups is 1. The van der Waals surface area contributed by atoms with Crippen molar-refractivity contribution >= 4 is 23.1 Å². The van der Waals surface area contributed by atoms with E-state index in [1.807, 2.05) is 55.3 Å². The minimum absolute atomic E-state index is 0.0635. The van der Waals surface area contributed by atoms with Gasteiger partial charge in [0.05, 0.1) is 12.2 Å². The Balaban J connectivity index is 1.48. The number of aromatic nitrogens is 1. The molecule has 8 nitrogen and oxygen atoms in total. The Bertz CT molecular complexity index is 1440. The number of hydrogen-bond acceptors (Lipinski definition) is 7. The Morgan fingerprint density at radius 3 is 2.77 bits per heavy atom. The number of nitrogens with zero attached hydrogens (tertiary/aromatic N) is 5. The van der Waals surface area contributed by atoms with Gasteiger partial charge in [-0.3, -0.25) is 14.7 Å². The van der Waals surface area contributed by atoms with Crippen molar-refractivity contribution in [1.82, 2.24) is 15.2 Å². The molecule has 0 unspecified atom stereocenters. The molecule has 2 aliphatic heterocycles. The first kappa shape index (κ1) is 27.3. The molecule has 0 radical (unpaired) electrons. The molecular formula is C31H34FN7O. The number of carbonyl (C=O) groups is 1. The van der Waals surface area contributed by atoms with Gasteiger partial charge in [0, 0.05) is 49.8 Å². The lowest BCUT2D eigenvalue weighted by Crippen LogP contribution is -2.43. The largest absolute Gasteiger partial charge is 0.367 e. The number of aliphatic imine (C=N–C) groups is 1. The van der Waals surface area contributed by atoms with Crippen LogP contribution in [0.2, 0.25) is 0 Å². The van der Waals surface area contributed by atoms with Crippen molar-refractivity contribution in [2.24, 2.45) is 4.99 Å². The first-order valence-corrected chi connectivity index (χ1v) is 13.9. The molecule has 5 rings (SSSR count). The van der Waals surface area contributed by atoms with Crippen LogP contribution in [-0.4, -0.2) is 47.8 Å². The number of carbonyl (C=O) groups excluding carboxylic acids is 1. The Labute approximate surface area is 234 Å². The second-order valence-corrected chi connectivity index (χ2v) is 10.1. The summed E-state index contributed by atoms with van der Waals surface area (Å²) < 4.78 is 15.1. The molecule has 1 amide bonds. The summed E-state index contributed by atoms with van der Waals surface area (Å²) in [5, 5.41) is 16.2. The van der Waals surface area contributed by atoms with Crippen molar-refractivity contribution in [2.45, 2.75) is 45.6 Å². The van der Waals surface area contributed by atoms with E-state index >= 15 is 4.39 Å². The molecule has 2 fully saturated rings. The van der Waals surface area contributed by atoms with Crippen molar-refractivity contribution in [3.05, 3.63) is 88.8 Å². The number of anilines is 2. The molecule has 1 saturated carbocycles. The molecule has 3 aliphatic rings. The van der Waals surface area contributed by atoms with Crippen LogP contribution in [0.5, 0.6) is 0 Å². The number of piperazine rings is 1. The first-order valence-electron chi connectivity index (χ1n) is 13.9. The van der Waals surface area contributed by atoms with Crippen LogP contribution >= 0.6 is 0 Å². The van der Waals surface area contributed by atoms with E-state index in [4.69, 9.17) is 4.99 Å². The van der Waals surface area contributed by atoms with Crippen molar-refractivity contribution in [2.75, 3.05) is 36.4 Å². The summed E-state index contributed by atoms with van der Waals surface area (Å²) in [6, 6.07) is 9.09. The summed E-state index contributed by atoms with van der Waals surface area (Å²) in [6.45, 7) is 7.28. The summed E-state index contributed by atoms with van der Waals surface area (Å²) in [7, 11) is 0. The fraction of sp³-hybridized carbons (Fsp3) is 0.355. The van der Waals surface area contributed by atoms with E-state index in [9.17, 15) is 10.1 Å². The summed E-state index contributed by atoms with van der Waals surface area (Å²) in [6.07, 6.45) is 11.8. The molecule has 3 heterocycles. The van der Waals surface area contributed by atoms with Crippen LogP contribution in [0.3, 0.4) is 0 Å². The van der Waals surface area contributed by atoms with Crippen LogP contribution in [0.4, 0.5) is 15.8 Å². The number of halogens is 1. The van der Waals surface area contributed by atoms with Crippen LogP contribution < -0.4 is 15.5 Å². The molecule has 206 valence electrons. The SMILES string of the molecule is C/C=C1/C=C(C#N)C(=O)N(Cc2ccncc2C2CC2)/C1=N/C(=C\CC)Nc1ccc(N2CCNCC2)c(F)c1. The van der Waals surface area contributed by atoms with Gasteiger partial charge in [0.15, 0.2) is 0 Å². The first-order chi connectivity index (χ1) is 19.5. The number of nitrogens with one attached hydrogen (secondary N) is 2. The molecule has 1 aromatic carbocycles. The summed E-state index contributed by atoms with van der Waals surface area (Å²) >= 11 is 0. The van der Waals surface area contributed by atoms with E-state index in [0.717, 1.165) is 50.1 Å². The zero-order valence-corrected chi connectivity index (χ0v) is 23.0. The van der Waals surface area contributed by atoms with Crippen molar-refractivity contribution in [1.29, 1.82) is 5.26 Å². The average molecular weight is 540 g/mol. The number of nitriles is 1. The Kier molecular flexibility index (Phi) is 8.37. The third kappa shape index (κ3) is 5.97. The highest BCUT2D eigenvalue weighted by Gasteiger charge is 2.33. The van der Waals surface area contributed by atoms with Gasteiger partial charge in [0.2, 0.25) is 0 Å². The van der Waals surface area contributed by atoms with Crippen LogP contribution in [0.1, 0.15) is 50.2 Å². The van der Waals surface area contributed by atoms with E-state index < -0.39 is 5.91 Å². The minimum atomic E-state index is -0.396. The van der Waals surface area contributed by atoms with Crippen LogP contribution in [0.15, 0.2) is 76.8 Å². The highest BCUT2D eigenvalue weighted by atomic mass is 19.1. The van der Waals surface area contributed by atoms with Gasteiger partial charge in [-0.25, -0.2) is 9.38 Å². The zero-order chi connectivity index (χ0) is 28.1. The molecule has 2 aromatic rings. The molecule has 2 N–H and O–H groups in total. The quantitative estimate of drug-likeness (QED) is 0.490. The number of allylic oxidation sites excluding steroid dienone is 2. The third-order valence-corrected chi connectivity index (χ3v) is 7.31. The molecular weight excluding hydrogens is 505 g/mol. The number of benzene rings is 1. The average Bonchev–Trinajstić information content (AvgIpc) is 3.82. The van der Waals surface area contributed by atoms with E-state index in [1.165, 1.54) is 6.07 Å². The monoisotopic (exact) mass is 539 g/mol. The number of hydrogen-bond donors (Lipinski definition) is 2. The van der Waals surface area contributed by atoms with Gasteiger partial charge >= 0.3 is 0 Å². The summed E-state index contributed by atoms with van der Waals surface area (Å²) in [4.78, 5) is 26.3. The lowest BCUT2D eigenvalue weighted by atomic mass is 10.0. The Morgan fingerprint density at radius 1 is 1.30 bits per heavy atom. The van der Waals surface area contributed by atoms with Gasteiger partial charge in [-0.05, 0) is 79.6 Å². The number of amides is 1. The Morgan fingerprint density at radius 2 is 2.10 bits per heavy atom. The maximum atomic E-state index is 15.1. The van der Waals surface area contributed by atoms with E-state index in [1.54, 1.807) is 23.2 Å². The predicted octanol–water partition coefficient (Wildman–Crippen LogP) is 5.01. The second-order valence-electron chi connectivity index (χ2n) is 10.1. The smallest absolute Gasteiger partial charge is 0.270 e. The topological polar surface area (TPSA) is 96.6 Å². The standard InChI is InChI=1S/C31H34FN7O/c1-3-5-29(36-25-8-9-28(27(32)17-25)38-14-12-34-13-15-38)37-30-21(4-2)16-24(18-33)31(40)39(30)20-23-10-11-35-19-26(23)22-6-7-22/h4-5,8-11,16-17,19,22,34,36H,3,6-7,12-15,20H2,1-2H3/b21-4-,29-5-,37-30+. The summed E-state index contributed by atoms with van der Waals surface area (Å²) in [5.74, 6) is 0.691. The highest BCUT2D eigenvalue weighted by Crippen LogP contribution is 2.41. The minimum Gasteiger partial charge on any atom is -0.367 e. The Hall–Kier alpha value is -4.29.